The largest absolute Gasteiger partial charge is 0.371 e. The number of amides is 1. The van der Waals surface area contributed by atoms with E-state index in [-0.39, 0.29) is 10.9 Å². The Kier molecular flexibility index (Phi) is 3.85. The van der Waals surface area contributed by atoms with Gasteiger partial charge in [-0.05, 0) is 25.5 Å². The lowest BCUT2D eigenvalue weighted by Crippen LogP contribution is -2.33. The fourth-order valence-corrected chi connectivity index (χ4v) is 2.61. The molecule has 1 saturated heterocycles. The number of H-pyrrole nitrogens is 1. The Balaban J connectivity index is 1.78. The number of hydrogen-bond acceptors (Lipinski definition) is 4. The molecule has 22 heavy (non-hydrogen) atoms. The molecule has 1 amide bonds. The zero-order valence-electron chi connectivity index (χ0n) is 12.0. The van der Waals surface area contributed by atoms with Crippen molar-refractivity contribution in [2.45, 2.75) is 19.4 Å². The molecule has 1 aromatic carbocycles. The maximum absolute atomic E-state index is 12.5. The molecule has 0 spiro atoms. The summed E-state index contributed by atoms with van der Waals surface area (Å²) in [5.41, 5.74) is 1.91. The number of anilines is 2. The molecule has 2 heterocycles. The Bertz CT molecular complexity index is 757. The van der Waals surface area contributed by atoms with Crippen molar-refractivity contribution in [3.05, 3.63) is 51.4 Å². The number of carbonyl (C=O) groups is 1. The van der Waals surface area contributed by atoms with E-state index in [1.54, 1.807) is 4.90 Å². The summed E-state index contributed by atoms with van der Waals surface area (Å²) in [5.74, 6) is -0.0415. The number of rotatable bonds is 3. The van der Waals surface area contributed by atoms with E-state index in [4.69, 9.17) is 11.6 Å². The van der Waals surface area contributed by atoms with Gasteiger partial charge in [0.15, 0.2) is 0 Å². The van der Waals surface area contributed by atoms with Crippen molar-refractivity contribution in [2.24, 2.45) is 0 Å². The summed E-state index contributed by atoms with van der Waals surface area (Å²) in [6.07, 6.45) is 2.04. The van der Waals surface area contributed by atoms with Crippen LogP contribution in [0.1, 0.15) is 12.0 Å². The third kappa shape index (κ3) is 2.69. The van der Waals surface area contributed by atoms with Gasteiger partial charge in [0.1, 0.15) is 11.1 Å². The quantitative estimate of drug-likeness (QED) is 0.906. The van der Waals surface area contributed by atoms with E-state index in [1.165, 1.54) is 6.20 Å². The molecule has 0 radical (unpaired) electrons. The van der Waals surface area contributed by atoms with Crippen molar-refractivity contribution in [1.82, 2.24) is 10.2 Å². The molecule has 0 aliphatic carbocycles. The number of aromatic nitrogens is 2. The van der Waals surface area contributed by atoms with Crippen LogP contribution in [0.3, 0.4) is 0 Å². The highest BCUT2D eigenvalue weighted by Gasteiger charge is 2.33. The first-order valence-electron chi connectivity index (χ1n) is 6.94. The van der Waals surface area contributed by atoms with Gasteiger partial charge in [0.2, 0.25) is 5.91 Å². The van der Waals surface area contributed by atoms with Crippen LogP contribution in [0.25, 0.3) is 0 Å². The van der Waals surface area contributed by atoms with Crippen molar-refractivity contribution in [2.75, 3.05) is 16.8 Å². The summed E-state index contributed by atoms with van der Waals surface area (Å²) in [6.45, 7) is 2.62. The molecule has 0 saturated carbocycles. The molecule has 1 fully saturated rings. The minimum Gasteiger partial charge on any atom is -0.371 e. The number of hydrogen-bond donors (Lipinski definition) is 2. The minimum atomic E-state index is -0.479. The molecule has 3 rings (SSSR count). The monoisotopic (exact) mass is 318 g/mol. The Morgan fingerprint density at radius 3 is 2.77 bits per heavy atom. The Hall–Kier alpha value is -2.34. The molecule has 2 N–H and O–H groups in total. The number of aromatic amines is 1. The number of halogens is 1. The lowest BCUT2D eigenvalue weighted by Gasteiger charge is -2.18. The van der Waals surface area contributed by atoms with Crippen LogP contribution in [0.5, 0.6) is 0 Å². The average Bonchev–Trinajstić information content (AvgIpc) is 2.86. The van der Waals surface area contributed by atoms with E-state index < -0.39 is 11.6 Å². The normalized spacial score (nSPS) is 17.8. The fraction of sp³-hybridized carbons (Fsp3) is 0.267. The Labute approximate surface area is 132 Å². The van der Waals surface area contributed by atoms with Crippen molar-refractivity contribution in [3.8, 4) is 0 Å². The summed E-state index contributed by atoms with van der Waals surface area (Å²) in [6, 6.07) is 7.39. The third-order valence-electron chi connectivity index (χ3n) is 3.68. The Morgan fingerprint density at radius 2 is 2.05 bits per heavy atom. The van der Waals surface area contributed by atoms with E-state index in [9.17, 15) is 9.59 Å². The van der Waals surface area contributed by atoms with E-state index in [0.717, 1.165) is 11.3 Å². The van der Waals surface area contributed by atoms with Gasteiger partial charge in [-0.25, -0.2) is 5.10 Å². The SMILES string of the molecule is Cc1ccc(N2CCC(Nc3cn[nH]c(=O)c3Cl)C2=O)cc1. The number of benzene rings is 1. The van der Waals surface area contributed by atoms with Gasteiger partial charge < -0.3 is 10.2 Å². The summed E-state index contributed by atoms with van der Waals surface area (Å²) in [4.78, 5) is 25.7. The van der Waals surface area contributed by atoms with E-state index >= 15 is 0 Å². The minimum absolute atomic E-state index is 0.0107. The topological polar surface area (TPSA) is 78.1 Å². The maximum Gasteiger partial charge on any atom is 0.285 e. The van der Waals surface area contributed by atoms with E-state index in [2.05, 4.69) is 15.5 Å². The standard InChI is InChI=1S/C15H15ClN4O2/c1-9-2-4-10(5-3-9)20-7-6-11(15(20)22)18-12-8-17-19-14(21)13(12)16/h2-5,8,11H,6-7H2,1H3,(H2,18,19,21). The molecule has 1 aliphatic rings. The van der Waals surface area contributed by atoms with Crippen molar-refractivity contribution in [3.63, 3.8) is 0 Å². The van der Waals surface area contributed by atoms with Gasteiger partial charge in [-0.15, -0.1) is 0 Å². The third-order valence-corrected chi connectivity index (χ3v) is 4.05. The van der Waals surface area contributed by atoms with E-state index in [1.807, 2.05) is 31.2 Å². The lowest BCUT2D eigenvalue weighted by molar-refractivity contribution is -0.117. The molecule has 0 bridgehead atoms. The molecular weight excluding hydrogens is 304 g/mol. The summed E-state index contributed by atoms with van der Waals surface area (Å²) >= 11 is 5.92. The average molecular weight is 319 g/mol. The van der Waals surface area contributed by atoms with Gasteiger partial charge >= 0.3 is 0 Å². The smallest absolute Gasteiger partial charge is 0.285 e. The molecule has 1 aromatic heterocycles. The predicted molar refractivity (Wildman–Crippen MR) is 85.4 cm³/mol. The molecule has 7 heteroatoms. The molecule has 1 aliphatic heterocycles. The molecule has 1 atom stereocenters. The highest BCUT2D eigenvalue weighted by molar-refractivity contribution is 6.33. The molecular formula is C15H15ClN4O2. The summed E-state index contributed by atoms with van der Waals surface area (Å²) < 4.78 is 0. The lowest BCUT2D eigenvalue weighted by atomic mass is 10.2. The van der Waals surface area contributed by atoms with Crippen LogP contribution in [0.15, 0.2) is 35.3 Å². The summed E-state index contributed by atoms with van der Waals surface area (Å²) in [7, 11) is 0. The van der Waals surface area contributed by atoms with E-state index in [0.29, 0.717) is 18.7 Å². The second-order valence-corrected chi connectivity index (χ2v) is 5.62. The first-order valence-corrected chi connectivity index (χ1v) is 7.32. The van der Waals surface area contributed by atoms with Crippen LogP contribution >= 0.6 is 11.6 Å². The van der Waals surface area contributed by atoms with Gasteiger partial charge in [0.05, 0.1) is 11.9 Å². The van der Waals surface area contributed by atoms with Gasteiger partial charge in [0.25, 0.3) is 5.56 Å². The van der Waals surface area contributed by atoms with Gasteiger partial charge in [-0.2, -0.15) is 5.10 Å². The molecule has 2 aromatic rings. The first kappa shape index (κ1) is 14.6. The summed E-state index contributed by atoms with van der Waals surface area (Å²) in [5, 5.41) is 8.95. The number of nitrogens with one attached hydrogen (secondary N) is 2. The molecule has 6 nitrogen and oxygen atoms in total. The highest BCUT2D eigenvalue weighted by Crippen LogP contribution is 2.25. The second-order valence-electron chi connectivity index (χ2n) is 5.24. The van der Waals surface area contributed by atoms with Crippen LogP contribution in [0.2, 0.25) is 5.02 Å². The van der Waals surface area contributed by atoms with Crippen LogP contribution in [0.4, 0.5) is 11.4 Å². The first-order chi connectivity index (χ1) is 10.6. The highest BCUT2D eigenvalue weighted by atomic mass is 35.5. The van der Waals surface area contributed by atoms with Crippen LogP contribution < -0.4 is 15.8 Å². The number of carbonyl (C=O) groups excluding carboxylic acids is 1. The van der Waals surface area contributed by atoms with Crippen molar-refractivity contribution < 1.29 is 4.79 Å². The molecule has 114 valence electrons. The van der Waals surface area contributed by atoms with Crippen LogP contribution in [-0.4, -0.2) is 28.7 Å². The number of aryl methyl sites for hydroxylation is 1. The fourth-order valence-electron chi connectivity index (χ4n) is 2.47. The predicted octanol–water partition coefficient (Wildman–Crippen LogP) is 1.95. The van der Waals surface area contributed by atoms with Gasteiger partial charge in [0, 0.05) is 12.2 Å². The van der Waals surface area contributed by atoms with Crippen LogP contribution in [-0.2, 0) is 4.79 Å². The van der Waals surface area contributed by atoms with Crippen molar-refractivity contribution >= 4 is 28.9 Å². The van der Waals surface area contributed by atoms with Crippen LogP contribution in [0, 0.1) is 6.92 Å². The Morgan fingerprint density at radius 1 is 1.32 bits per heavy atom. The van der Waals surface area contributed by atoms with Gasteiger partial charge in [-0.3, -0.25) is 9.59 Å². The van der Waals surface area contributed by atoms with Gasteiger partial charge in [-0.1, -0.05) is 29.3 Å². The zero-order chi connectivity index (χ0) is 15.7. The number of nitrogens with zero attached hydrogens (tertiary/aromatic N) is 2. The second kappa shape index (κ2) is 5.81. The zero-order valence-corrected chi connectivity index (χ0v) is 12.7. The maximum atomic E-state index is 12.5. The van der Waals surface area contributed by atoms with Crippen molar-refractivity contribution in [1.29, 1.82) is 0 Å². The molecule has 1 unspecified atom stereocenters.